The van der Waals surface area contributed by atoms with Gasteiger partial charge in [0, 0.05) is 12.3 Å². The first kappa shape index (κ1) is 11.2. The van der Waals surface area contributed by atoms with Gasteiger partial charge in [-0.25, -0.2) is 0 Å². The zero-order chi connectivity index (χ0) is 12.1. The van der Waals surface area contributed by atoms with Gasteiger partial charge in [0.05, 0.1) is 6.07 Å². The van der Waals surface area contributed by atoms with Gasteiger partial charge in [-0.05, 0) is 23.3 Å². The molecule has 0 aromatic heterocycles. The lowest BCUT2D eigenvalue weighted by Gasteiger charge is -2.14. The fraction of sp³-hybridized carbons (Fsp3) is 0.133. The van der Waals surface area contributed by atoms with Gasteiger partial charge < -0.3 is 5.11 Å². The third-order valence-corrected chi connectivity index (χ3v) is 2.79. The molecule has 1 atom stereocenters. The Kier molecular flexibility index (Phi) is 3.42. The van der Waals surface area contributed by atoms with Gasteiger partial charge in [0.25, 0.3) is 0 Å². The largest absolute Gasteiger partial charge is 0.508 e. The Bertz CT molecular complexity index is 511. The van der Waals surface area contributed by atoms with Crippen LogP contribution in [0, 0.1) is 11.3 Å². The number of rotatable bonds is 3. The van der Waals surface area contributed by atoms with E-state index < -0.39 is 0 Å². The zero-order valence-corrected chi connectivity index (χ0v) is 9.38. The molecule has 84 valence electrons. The van der Waals surface area contributed by atoms with Crippen LogP contribution in [0.4, 0.5) is 0 Å². The van der Waals surface area contributed by atoms with Crippen LogP contribution < -0.4 is 0 Å². The third kappa shape index (κ3) is 2.64. The SMILES string of the molecule is N#CCC(c1ccccc1)c1ccc(O)cc1. The number of hydrogen-bond donors (Lipinski definition) is 1. The maximum atomic E-state index is 9.27. The molecule has 17 heavy (non-hydrogen) atoms. The molecule has 0 fully saturated rings. The van der Waals surface area contributed by atoms with E-state index in [0.29, 0.717) is 6.42 Å². The second-order valence-corrected chi connectivity index (χ2v) is 3.92. The first-order valence-electron chi connectivity index (χ1n) is 5.52. The number of benzene rings is 2. The average Bonchev–Trinajstić information content (AvgIpc) is 2.38. The van der Waals surface area contributed by atoms with Crippen molar-refractivity contribution in [2.45, 2.75) is 12.3 Å². The fourth-order valence-corrected chi connectivity index (χ4v) is 1.91. The average molecular weight is 223 g/mol. The monoisotopic (exact) mass is 223 g/mol. The lowest BCUT2D eigenvalue weighted by Crippen LogP contribution is -1.99. The van der Waals surface area contributed by atoms with Gasteiger partial charge in [-0.2, -0.15) is 5.26 Å². The van der Waals surface area contributed by atoms with Gasteiger partial charge in [0.1, 0.15) is 5.75 Å². The smallest absolute Gasteiger partial charge is 0.115 e. The second kappa shape index (κ2) is 5.18. The third-order valence-electron chi connectivity index (χ3n) is 2.79. The topological polar surface area (TPSA) is 44.0 Å². The van der Waals surface area contributed by atoms with E-state index in [4.69, 9.17) is 5.26 Å². The van der Waals surface area contributed by atoms with Crippen molar-refractivity contribution in [1.29, 1.82) is 5.26 Å². The Morgan fingerprint density at radius 2 is 1.53 bits per heavy atom. The van der Waals surface area contributed by atoms with E-state index in [0.717, 1.165) is 11.1 Å². The number of phenols is 1. The van der Waals surface area contributed by atoms with Crippen molar-refractivity contribution in [3.05, 3.63) is 65.7 Å². The van der Waals surface area contributed by atoms with E-state index in [1.54, 1.807) is 12.1 Å². The van der Waals surface area contributed by atoms with E-state index in [1.165, 1.54) is 0 Å². The molecule has 2 heteroatoms. The molecule has 2 rings (SSSR count). The molecule has 0 amide bonds. The molecule has 0 aliphatic heterocycles. The normalized spacial score (nSPS) is 11.7. The van der Waals surface area contributed by atoms with E-state index in [2.05, 4.69) is 6.07 Å². The highest BCUT2D eigenvalue weighted by atomic mass is 16.3. The number of nitriles is 1. The minimum Gasteiger partial charge on any atom is -0.508 e. The minimum absolute atomic E-state index is 0.0711. The molecule has 0 heterocycles. The van der Waals surface area contributed by atoms with Crippen LogP contribution in [0.5, 0.6) is 5.75 Å². The van der Waals surface area contributed by atoms with Gasteiger partial charge in [-0.1, -0.05) is 42.5 Å². The molecule has 0 radical (unpaired) electrons. The molecule has 2 aromatic rings. The lowest BCUT2D eigenvalue weighted by atomic mass is 9.89. The first-order chi connectivity index (χ1) is 8.31. The van der Waals surface area contributed by atoms with Crippen molar-refractivity contribution in [1.82, 2.24) is 0 Å². The zero-order valence-electron chi connectivity index (χ0n) is 9.38. The van der Waals surface area contributed by atoms with Crippen molar-refractivity contribution >= 4 is 0 Å². The molecule has 0 aliphatic rings. The molecule has 0 saturated heterocycles. The number of nitrogens with zero attached hydrogens (tertiary/aromatic N) is 1. The van der Waals surface area contributed by atoms with Crippen molar-refractivity contribution in [2.75, 3.05) is 0 Å². The molecule has 1 N–H and O–H groups in total. The van der Waals surface area contributed by atoms with E-state index >= 15 is 0 Å². The summed E-state index contributed by atoms with van der Waals surface area (Å²) in [7, 11) is 0. The van der Waals surface area contributed by atoms with Crippen molar-refractivity contribution in [3.8, 4) is 11.8 Å². The van der Waals surface area contributed by atoms with Crippen LogP contribution in [0.25, 0.3) is 0 Å². The molecule has 2 aromatic carbocycles. The molecule has 0 bridgehead atoms. The van der Waals surface area contributed by atoms with Gasteiger partial charge >= 0.3 is 0 Å². The van der Waals surface area contributed by atoms with Crippen LogP contribution in [0.1, 0.15) is 23.5 Å². The van der Waals surface area contributed by atoms with E-state index in [-0.39, 0.29) is 11.7 Å². The summed E-state index contributed by atoms with van der Waals surface area (Å²) in [6.45, 7) is 0. The Morgan fingerprint density at radius 3 is 2.12 bits per heavy atom. The predicted molar refractivity (Wildman–Crippen MR) is 66.6 cm³/mol. The van der Waals surface area contributed by atoms with Gasteiger partial charge in [0.15, 0.2) is 0 Å². The molecular weight excluding hydrogens is 210 g/mol. The quantitative estimate of drug-likeness (QED) is 0.866. The minimum atomic E-state index is 0.0711. The maximum absolute atomic E-state index is 9.27. The van der Waals surface area contributed by atoms with Crippen LogP contribution in [0.3, 0.4) is 0 Å². The van der Waals surface area contributed by atoms with Crippen LogP contribution >= 0.6 is 0 Å². The van der Waals surface area contributed by atoms with E-state index in [1.807, 2.05) is 42.5 Å². The highest BCUT2D eigenvalue weighted by Gasteiger charge is 2.13. The fourth-order valence-electron chi connectivity index (χ4n) is 1.91. The Labute approximate surface area is 101 Å². The second-order valence-electron chi connectivity index (χ2n) is 3.92. The van der Waals surface area contributed by atoms with Crippen LogP contribution in [-0.4, -0.2) is 5.11 Å². The molecule has 2 nitrogen and oxygen atoms in total. The van der Waals surface area contributed by atoms with Crippen molar-refractivity contribution in [2.24, 2.45) is 0 Å². The summed E-state index contributed by atoms with van der Waals surface area (Å²) in [5.41, 5.74) is 2.18. The number of aromatic hydroxyl groups is 1. The highest BCUT2D eigenvalue weighted by molar-refractivity contribution is 5.36. The molecule has 0 spiro atoms. The number of hydrogen-bond acceptors (Lipinski definition) is 2. The summed E-state index contributed by atoms with van der Waals surface area (Å²) in [6, 6.07) is 19.2. The summed E-state index contributed by atoms with van der Waals surface area (Å²) in [5.74, 6) is 0.319. The van der Waals surface area contributed by atoms with E-state index in [9.17, 15) is 5.11 Å². The highest BCUT2D eigenvalue weighted by Crippen LogP contribution is 2.28. The number of phenolic OH excluding ortho intramolecular Hbond substituents is 1. The van der Waals surface area contributed by atoms with Gasteiger partial charge in [-0.3, -0.25) is 0 Å². The Morgan fingerprint density at radius 1 is 0.941 bits per heavy atom. The maximum Gasteiger partial charge on any atom is 0.115 e. The van der Waals surface area contributed by atoms with Crippen molar-refractivity contribution in [3.63, 3.8) is 0 Å². The summed E-state index contributed by atoms with van der Waals surface area (Å²) >= 11 is 0. The summed E-state index contributed by atoms with van der Waals surface area (Å²) in [5, 5.41) is 18.2. The van der Waals surface area contributed by atoms with Crippen molar-refractivity contribution < 1.29 is 5.11 Å². The van der Waals surface area contributed by atoms with Crippen LogP contribution in [0.15, 0.2) is 54.6 Å². The van der Waals surface area contributed by atoms with Crippen LogP contribution in [-0.2, 0) is 0 Å². The Balaban J connectivity index is 2.36. The standard InChI is InChI=1S/C15H13NO/c16-11-10-15(12-4-2-1-3-5-12)13-6-8-14(17)9-7-13/h1-9,15,17H,10H2. The summed E-state index contributed by atoms with van der Waals surface area (Å²) < 4.78 is 0. The Hall–Kier alpha value is -2.27. The van der Waals surface area contributed by atoms with Gasteiger partial charge in [0.2, 0.25) is 0 Å². The van der Waals surface area contributed by atoms with Crippen LogP contribution in [0.2, 0.25) is 0 Å². The first-order valence-corrected chi connectivity index (χ1v) is 5.52. The molecule has 0 aliphatic carbocycles. The lowest BCUT2D eigenvalue weighted by molar-refractivity contribution is 0.475. The summed E-state index contributed by atoms with van der Waals surface area (Å²) in [4.78, 5) is 0. The molecule has 0 saturated carbocycles. The predicted octanol–water partition coefficient (Wildman–Crippen LogP) is 3.44. The summed E-state index contributed by atoms with van der Waals surface area (Å²) in [6.07, 6.45) is 0.439. The van der Waals surface area contributed by atoms with Gasteiger partial charge in [-0.15, -0.1) is 0 Å². The molecular formula is C15H13NO. The molecule has 1 unspecified atom stereocenters.